The van der Waals surface area contributed by atoms with Crippen molar-refractivity contribution < 1.29 is 0 Å². The van der Waals surface area contributed by atoms with Crippen LogP contribution in [0.15, 0.2) is 36.0 Å². The molecule has 0 N–H and O–H groups in total. The van der Waals surface area contributed by atoms with Gasteiger partial charge in [-0.05, 0) is 104 Å². The van der Waals surface area contributed by atoms with E-state index in [0.29, 0.717) is 10.8 Å². The second-order valence-electron chi connectivity index (χ2n) is 11.9. The van der Waals surface area contributed by atoms with E-state index in [-0.39, 0.29) is 0 Å². The van der Waals surface area contributed by atoms with Crippen LogP contribution in [-0.2, 0) is 0 Å². The second-order valence-corrected chi connectivity index (χ2v) is 11.9. The van der Waals surface area contributed by atoms with Gasteiger partial charge in [-0.25, -0.2) is 0 Å². The molecule has 8 atom stereocenters. The molecule has 3 fully saturated rings. The van der Waals surface area contributed by atoms with Crippen LogP contribution in [0.25, 0.3) is 0 Å². The molecule has 0 heteroatoms. The molecule has 29 heavy (non-hydrogen) atoms. The molecule has 0 amide bonds. The standard InChI is InChI=1S/C29H46/c1-7-22(20(2)3)12-11-21(4)25-15-16-26-24-14-13-23-10-8-9-18-28(23,5)27(24)17-19-29(25,26)6/h8-12,20-22,24-27H,7,13-19H2,1-6H3/t21-,22-,24+,25-,26+,27+,28+,29-/m1/s1. The van der Waals surface area contributed by atoms with Crippen LogP contribution >= 0.6 is 0 Å². The first kappa shape index (κ1) is 21.5. The minimum atomic E-state index is 0.466. The summed E-state index contributed by atoms with van der Waals surface area (Å²) in [6, 6.07) is 0. The van der Waals surface area contributed by atoms with E-state index in [4.69, 9.17) is 0 Å². The summed E-state index contributed by atoms with van der Waals surface area (Å²) in [5.74, 6) is 6.02. The van der Waals surface area contributed by atoms with Crippen LogP contribution < -0.4 is 0 Å². The maximum absolute atomic E-state index is 2.70. The van der Waals surface area contributed by atoms with Crippen molar-refractivity contribution in [1.82, 2.24) is 0 Å². The molecule has 0 saturated heterocycles. The van der Waals surface area contributed by atoms with Crippen LogP contribution in [0.3, 0.4) is 0 Å². The summed E-state index contributed by atoms with van der Waals surface area (Å²) in [7, 11) is 0. The molecule has 0 nitrogen and oxygen atoms in total. The smallest absolute Gasteiger partial charge is 0.00477 e. The van der Waals surface area contributed by atoms with Crippen molar-refractivity contribution >= 4 is 0 Å². The molecule has 0 aromatic rings. The van der Waals surface area contributed by atoms with E-state index in [1.807, 2.05) is 0 Å². The number of hydrogen-bond acceptors (Lipinski definition) is 0. The minimum absolute atomic E-state index is 0.466. The Morgan fingerprint density at radius 3 is 2.55 bits per heavy atom. The van der Waals surface area contributed by atoms with Crippen LogP contribution in [0.5, 0.6) is 0 Å². The Morgan fingerprint density at radius 2 is 1.83 bits per heavy atom. The highest BCUT2D eigenvalue weighted by Crippen LogP contribution is 2.67. The van der Waals surface area contributed by atoms with Gasteiger partial charge < -0.3 is 0 Å². The Hall–Kier alpha value is -0.780. The van der Waals surface area contributed by atoms with Crippen LogP contribution in [-0.4, -0.2) is 0 Å². The fourth-order valence-corrected chi connectivity index (χ4v) is 8.57. The molecule has 0 spiro atoms. The van der Waals surface area contributed by atoms with Crippen molar-refractivity contribution in [1.29, 1.82) is 0 Å². The lowest BCUT2D eigenvalue weighted by Crippen LogP contribution is -2.50. The molecule has 0 radical (unpaired) electrons. The highest BCUT2D eigenvalue weighted by Gasteiger charge is 2.58. The fraction of sp³-hybridized carbons (Fsp3) is 0.793. The summed E-state index contributed by atoms with van der Waals surface area (Å²) >= 11 is 0. The molecule has 4 aliphatic carbocycles. The Labute approximate surface area is 181 Å². The third-order valence-corrected chi connectivity index (χ3v) is 10.4. The van der Waals surface area contributed by atoms with Crippen LogP contribution in [0, 0.1) is 52.3 Å². The SMILES string of the molecule is CC[C@H](C=C[C@@H](C)[C@H]1CC[C@H]2[C@@H]3CCC4=CC=CC[C@]4(C)[C@H]3CC[C@]12C)C(C)C. The quantitative estimate of drug-likeness (QED) is 0.409. The second kappa shape index (κ2) is 8.05. The van der Waals surface area contributed by atoms with Crippen LogP contribution in [0.4, 0.5) is 0 Å². The van der Waals surface area contributed by atoms with E-state index in [1.165, 1.54) is 51.4 Å². The van der Waals surface area contributed by atoms with E-state index < -0.39 is 0 Å². The van der Waals surface area contributed by atoms with Gasteiger partial charge in [0.2, 0.25) is 0 Å². The Kier molecular flexibility index (Phi) is 5.95. The zero-order valence-corrected chi connectivity index (χ0v) is 20.1. The van der Waals surface area contributed by atoms with Gasteiger partial charge in [0.15, 0.2) is 0 Å². The Balaban J connectivity index is 1.51. The van der Waals surface area contributed by atoms with E-state index in [0.717, 1.165) is 41.4 Å². The van der Waals surface area contributed by atoms with E-state index in [2.05, 4.69) is 71.9 Å². The predicted molar refractivity (Wildman–Crippen MR) is 127 cm³/mol. The molecule has 0 aliphatic heterocycles. The largest absolute Gasteiger partial charge is 0.0851 e. The topological polar surface area (TPSA) is 0 Å². The molecule has 0 bridgehead atoms. The predicted octanol–water partition coefficient (Wildman–Crippen LogP) is 8.61. The first-order valence-electron chi connectivity index (χ1n) is 12.9. The summed E-state index contributed by atoms with van der Waals surface area (Å²) in [6.45, 7) is 14.9. The zero-order valence-electron chi connectivity index (χ0n) is 20.1. The van der Waals surface area contributed by atoms with E-state index >= 15 is 0 Å². The lowest BCUT2D eigenvalue weighted by Gasteiger charge is -2.58. The van der Waals surface area contributed by atoms with E-state index in [9.17, 15) is 0 Å². The summed E-state index contributed by atoms with van der Waals surface area (Å²) in [6.07, 6.45) is 23.7. The Morgan fingerprint density at radius 1 is 1.03 bits per heavy atom. The van der Waals surface area contributed by atoms with Gasteiger partial charge in [-0.1, -0.05) is 77.5 Å². The number of fused-ring (bicyclic) bond motifs is 5. The number of rotatable bonds is 5. The van der Waals surface area contributed by atoms with Gasteiger partial charge in [-0.3, -0.25) is 0 Å². The monoisotopic (exact) mass is 394 g/mol. The average molecular weight is 395 g/mol. The van der Waals surface area contributed by atoms with Gasteiger partial charge in [-0.15, -0.1) is 0 Å². The van der Waals surface area contributed by atoms with Gasteiger partial charge in [0, 0.05) is 0 Å². The maximum Gasteiger partial charge on any atom is -0.00477 e. The summed E-state index contributed by atoms with van der Waals surface area (Å²) in [5.41, 5.74) is 2.82. The third-order valence-electron chi connectivity index (χ3n) is 10.4. The molecule has 0 aromatic carbocycles. The maximum atomic E-state index is 2.70. The summed E-state index contributed by atoms with van der Waals surface area (Å²) < 4.78 is 0. The first-order valence-corrected chi connectivity index (χ1v) is 12.9. The van der Waals surface area contributed by atoms with Crippen molar-refractivity contribution in [3.8, 4) is 0 Å². The van der Waals surface area contributed by atoms with Gasteiger partial charge in [0.25, 0.3) is 0 Å². The molecule has 0 heterocycles. The van der Waals surface area contributed by atoms with Gasteiger partial charge in [0.1, 0.15) is 0 Å². The van der Waals surface area contributed by atoms with Gasteiger partial charge in [0.05, 0.1) is 0 Å². The summed E-state index contributed by atoms with van der Waals surface area (Å²) in [5, 5.41) is 0. The van der Waals surface area contributed by atoms with Crippen molar-refractivity contribution in [3.63, 3.8) is 0 Å². The van der Waals surface area contributed by atoms with Gasteiger partial charge >= 0.3 is 0 Å². The van der Waals surface area contributed by atoms with Crippen LogP contribution in [0.2, 0.25) is 0 Å². The molecule has 0 aromatic heterocycles. The first-order chi connectivity index (χ1) is 13.8. The number of allylic oxidation sites excluding steroid dienone is 6. The minimum Gasteiger partial charge on any atom is -0.0851 e. The fourth-order valence-electron chi connectivity index (χ4n) is 8.57. The molecule has 4 rings (SSSR count). The van der Waals surface area contributed by atoms with Gasteiger partial charge in [-0.2, -0.15) is 0 Å². The lowest BCUT2D eigenvalue weighted by molar-refractivity contribution is -0.0510. The molecular formula is C29H46. The molecule has 162 valence electrons. The van der Waals surface area contributed by atoms with E-state index in [1.54, 1.807) is 5.57 Å². The molecule has 0 unspecified atom stereocenters. The number of hydrogen-bond donors (Lipinski definition) is 0. The Bertz CT molecular complexity index is 678. The van der Waals surface area contributed by atoms with Crippen molar-refractivity contribution in [2.75, 3.05) is 0 Å². The third kappa shape index (κ3) is 3.51. The molecule has 3 saturated carbocycles. The van der Waals surface area contributed by atoms with Crippen molar-refractivity contribution in [2.24, 2.45) is 52.3 Å². The summed E-state index contributed by atoms with van der Waals surface area (Å²) in [4.78, 5) is 0. The van der Waals surface area contributed by atoms with Crippen molar-refractivity contribution in [3.05, 3.63) is 36.0 Å². The van der Waals surface area contributed by atoms with Crippen LogP contribution in [0.1, 0.15) is 92.9 Å². The molecular weight excluding hydrogens is 348 g/mol. The highest BCUT2D eigenvalue weighted by molar-refractivity contribution is 5.30. The molecule has 4 aliphatic rings. The zero-order chi connectivity index (χ0) is 20.8. The highest BCUT2D eigenvalue weighted by atomic mass is 14.6. The lowest BCUT2D eigenvalue weighted by atomic mass is 9.47. The van der Waals surface area contributed by atoms with Crippen molar-refractivity contribution in [2.45, 2.75) is 92.9 Å². The normalized spacial score (nSPS) is 43.6. The average Bonchev–Trinajstić information content (AvgIpc) is 3.05.